The summed E-state index contributed by atoms with van der Waals surface area (Å²) in [5.41, 5.74) is 17.2. The molecule has 7 N–H and O–H groups in total. The van der Waals surface area contributed by atoms with Gasteiger partial charge in [0.25, 0.3) is 0 Å². The highest BCUT2D eigenvalue weighted by Gasteiger charge is 2.45. The summed E-state index contributed by atoms with van der Waals surface area (Å²) in [6.45, 7) is 7.78. The smallest absolute Gasteiger partial charge is 0.100 e. The molecule has 5 heteroatoms. The molecular weight excluding hydrogens is 190 g/mol. The molecule has 1 fully saturated rings. The van der Waals surface area contributed by atoms with Crippen molar-refractivity contribution in [3.63, 3.8) is 0 Å². The maximum atomic E-state index is 6.41. The van der Waals surface area contributed by atoms with E-state index in [1.54, 1.807) is 0 Å². The van der Waals surface area contributed by atoms with Gasteiger partial charge < -0.3 is 22.5 Å². The van der Waals surface area contributed by atoms with Gasteiger partial charge in [0.05, 0.1) is 5.66 Å². The molecule has 1 aliphatic heterocycles. The maximum absolute atomic E-state index is 6.41. The Labute approximate surface area is 92.3 Å². The van der Waals surface area contributed by atoms with Gasteiger partial charge in [-0.2, -0.15) is 0 Å². The van der Waals surface area contributed by atoms with Crippen LogP contribution in [0.15, 0.2) is 0 Å². The fourth-order valence-electron chi connectivity index (χ4n) is 2.22. The largest absolute Gasteiger partial charge is 0.314 e. The van der Waals surface area contributed by atoms with Crippen molar-refractivity contribution >= 4 is 0 Å². The van der Waals surface area contributed by atoms with Gasteiger partial charge >= 0.3 is 0 Å². The molecule has 1 saturated heterocycles. The van der Waals surface area contributed by atoms with E-state index >= 15 is 0 Å². The van der Waals surface area contributed by atoms with Gasteiger partial charge in [-0.3, -0.25) is 4.90 Å². The van der Waals surface area contributed by atoms with Crippen molar-refractivity contribution in [2.24, 2.45) is 17.2 Å². The quantitative estimate of drug-likeness (QED) is 0.450. The van der Waals surface area contributed by atoms with Gasteiger partial charge in [0.15, 0.2) is 0 Å². The Kier molecular flexibility index (Phi) is 4.08. The molecule has 0 aromatic carbocycles. The first-order valence-electron chi connectivity index (χ1n) is 5.80. The molecule has 0 bridgehead atoms. The fourth-order valence-corrected chi connectivity index (χ4v) is 2.22. The zero-order valence-corrected chi connectivity index (χ0v) is 9.92. The molecule has 0 aliphatic carbocycles. The van der Waals surface area contributed by atoms with Crippen molar-refractivity contribution in [3.8, 4) is 0 Å². The predicted molar refractivity (Wildman–Crippen MR) is 63.0 cm³/mol. The summed E-state index contributed by atoms with van der Waals surface area (Å²) in [5, 5.41) is 3.30. The van der Waals surface area contributed by atoms with Crippen molar-refractivity contribution in [2.75, 3.05) is 26.2 Å². The van der Waals surface area contributed by atoms with Crippen LogP contribution in [0.5, 0.6) is 0 Å². The van der Waals surface area contributed by atoms with Gasteiger partial charge in [0, 0.05) is 26.2 Å². The summed E-state index contributed by atoms with van der Waals surface area (Å²) in [6, 6.07) is 0. The lowest BCUT2D eigenvalue weighted by atomic mass is 9.87. The van der Waals surface area contributed by atoms with E-state index in [9.17, 15) is 0 Å². The van der Waals surface area contributed by atoms with Crippen LogP contribution in [0.2, 0.25) is 0 Å². The van der Waals surface area contributed by atoms with Crippen LogP contribution in [0.25, 0.3) is 0 Å². The Bertz CT molecular complexity index is 200. The van der Waals surface area contributed by atoms with Crippen molar-refractivity contribution in [1.29, 1.82) is 0 Å². The minimum absolute atomic E-state index is 0.593. The third-order valence-corrected chi connectivity index (χ3v) is 3.61. The summed E-state index contributed by atoms with van der Waals surface area (Å²) in [6.07, 6.45) is 1.45. The average molecular weight is 215 g/mol. The predicted octanol–water partition coefficient (Wildman–Crippen LogP) is -1.02. The first-order chi connectivity index (χ1) is 6.98. The number of hydrogen-bond donors (Lipinski definition) is 4. The lowest BCUT2D eigenvalue weighted by Crippen LogP contribution is -2.79. The Hall–Kier alpha value is -0.200. The number of rotatable bonds is 4. The number of piperazine rings is 1. The molecule has 0 spiro atoms. The highest BCUT2D eigenvalue weighted by atomic mass is 15.4. The highest BCUT2D eigenvalue weighted by molar-refractivity contribution is 5.02. The molecule has 0 amide bonds. The van der Waals surface area contributed by atoms with E-state index in [1.165, 1.54) is 0 Å². The van der Waals surface area contributed by atoms with Crippen molar-refractivity contribution in [2.45, 2.75) is 38.0 Å². The molecule has 1 heterocycles. The van der Waals surface area contributed by atoms with E-state index in [0.29, 0.717) is 6.42 Å². The number of nitrogens with zero attached hydrogens (tertiary/aromatic N) is 1. The first-order valence-corrected chi connectivity index (χ1v) is 5.80. The summed E-state index contributed by atoms with van der Waals surface area (Å²) in [4.78, 5) is 2.22. The van der Waals surface area contributed by atoms with E-state index in [1.807, 2.05) is 13.8 Å². The molecule has 0 radical (unpaired) electrons. The van der Waals surface area contributed by atoms with E-state index in [2.05, 4.69) is 10.2 Å². The summed E-state index contributed by atoms with van der Waals surface area (Å²) < 4.78 is 0. The number of nitrogens with one attached hydrogen (secondary N) is 1. The fraction of sp³-hybridized carbons (Fsp3) is 1.00. The summed E-state index contributed by atoms with van der Waals surface area (Å²) in [7, 11) is 0. The second kappa shape index (κ2) is 4.76. The van der Waals surface area contributed by atoms with Crippen LogP contribution in [0, 0.1) is 0 Å². The number of hydrogen-bond acceptors (Lipinski definition) is 5. The van der Waals surface area contributed by atoms with Gasteiger partial charge in [-0.05, 0) is 12.8 Å². The Morgan fingerprint density at radius 1 is 1.07 bits per heavy atom. The van der Waals surface area contributed by atoms with E-state index in [-0.39, 0.29) is 0 Å². The summed E-state index contributed by atoms with van der Waals surface area (Å²) >= 11 is 0. The van der Waals surface area contributed by atoms with Crippen LogP contribution in [0.4, 0.5) is 0 Å². The van der Waals surface area contributed by atoms with Crippen LogP contribution in [0.1, 0.15) is 26.7 Å². The van der Waals surface area contributed by atoms with E-state index < -0.39 is 11.3 Å². The molecule has 5 nitrogen and oxygen atoms in total. The third-order valence-electron chi connectivity index (χ3n) is 3.61. The third kappa shape index (κ3) is 2.32. The second-order valence-electron chi connectivity index (χ2n) is 4.41. The zero-order valence-electron chi connectivity index (χ0n) is 9.92. The molecular formula is C10H25N5. The lowest BCUT2D eigenvalue weighted by molar-refractivity contribution is 0.00439. The van der Waals surface area contributed by atoms with Crippen LogP contribution in [0.3, 0.4) is 0 Å². The van der Waals surface area contributed by atoms with E-state index in [0.717, 1.165) is 32.6 Å². The van der Waals surface area contributed by atoms with Crippen molar-refractivity contribution < 1.29 is 0 Å². The normalized spacial score (nSPS) is 23.8. The summed E-state index contributed by atoms with van der Waals surface area (Å²) in [5.74, 6) is 0. The lowest BCUT2D eigenvalue weighted by Gasteiger charge is -2.51. The van der Waals surface area contributed by atoms with Gasteiger partial charge in [0.2, 0.25) is 0 Å². The average Bonchev–Trinajstić information content (AvgIpc) is 2.29. The molecule has 0 aromatic heterocycles. The minimum atomic E-state index is -0.820. The molecule has 15 heavy (non-hydrogen) atoms. The van der Waals surface area contributed by atoms with Crippen LogP contribution in [-0.4, -0.2) is 42.4 Å². The maximum Gasteiger partial charge on any atom is 0.100 e. The van der Waals surface area contributed by atoms with Gasteiger partial charge in [0.1, 0.15) is 5.66 Å². The monoisotopic (exact) mass is 215 g/mol. The topological polar surface area (TPSA) is 93.3 Å². The standard InChI is InChI=1S/C10H25N5/c1-3-9(11,12)10(13,4-2)15-7-5-14-6-8-15/h14H,3-8,11-13H2,1-2H3. The SMILES string of the molecule is CCC(N)(N)C(N)(CC)N1CCNCC1. The Morgan fingerprint density at radius 2 is 1.60 bits per heavy atom. The Balaban J connectivity index is 2.82. The molecule has 0 saturated carbocycles. The first kappa shape index (κ1) is 12.9. The van der Waals surface area contributed by atoms with Gasteiger partial charge in [-0.15, -0.1) is 0 Å². The zero-order chi connectivity index (χ0) is 11.5. The molecule has 1 aliphatic rings. The highest BCUT2D eigenvalue weighted by Crippen LogP contribution is 2.24. The van der Waals surface area contributed by atoms with Gasteiger partial charge in [-0.1, -0.05) is 13.8 Å². The molecule has 1 unspecified atom stereocenters. The Morgan fingerprint density at radius 3 is 2.00 bits per heavy atom. The van der Waals surface area contributed by atoms with Crippen LogP contribution >= 0.6 is 0 Å². The molecule has 1 atom stereocenters. The van der Waals surface area contributed by atoms with Crippen molar-refractivity contribution in [1.82, 2.24) is 10.2 Å². The van der Waals surface area contributed by atoms with Gasteiger partial charge in [-0.25, -0.2) is 0 Å². The molecule has 1 rings (SSSR count). The van der Waals surface area contributed by atoms with E-state index in [4.69, 9.17) is 17.2 Å². The van der Waals surface area contributed by atoms with Crippen LogP contribution in [-0.2, 0) is 0 Å². The molecule has 0 aromatic rings. The van der Waals surface area contributed by atoms with Crippen molar-refractivity contribution in [3.05, 3.63) is 0 Å². The second-order valence-corrected chi connectivity index (χ2v) is 4.41. The minimum Gasteiger partial charge on any atom is -0.314 e. The van der Waals surface area contributed by atoms with Crippen LogP contribution < -0.4 is 22.5 Å². The molecule has 90 valence electrons. The number of nitrogens with two attached hydrogens (primary N) is 3.